The summed E-state index contributed by atoms with van der Waals surface area (Å²) in [7, 11) is 1.41. The summed E-state index contributed by atoms with van der Waals surface area (Å²) in [6.07, 6.45) is 0. The Morgan fingerprint density at radius 1 is 1.37 bits per heavy atom. The average molecular weight is 265 g/mol. The van der Waals surface area contributed by atoms with E-state index >= 15 is 0 Å². The third-order valence-electron chi connectivity index (χ3n) is 2.84. The normalized spacial score (nSPS) is 11.2. The molecule has 0 amide bonds. The molecular weight excluding hydrogens is 242 g/mol. The van der Waals surface area contributed by atoms with Gasteiger partial charge in [-0.1, -0.05) is 12.1 Å². The maximum Gasteiger partial charge on any atom is 0.312 e. The number of esters is 1. The lowest BCUT2D eigenvalue weighted by atomic mass is 9.94. The molecule has 1 rings (SSSR count). The summed E-state index contributed by atoms with van der Waals surface area (Å²) >= 11 is 0. The van der Waals surface area contributed by atoms with Crippen molar-refractivity contribution in [3.63, 3.8) is 0 Å². The summed E-state index contributed by atoms with van der Waals surface area (Å²) in [5.74, 6) is 0.661. The van der Waals surface area contributed by atoms with Gasteiger partial charge in [-0.05, 0) is 38.5 Å². The summed E-state index contributed by atoms with van der Waals surface area (Å²) in [6, 6.07) is 7.94. The third kappa shape index (κ3) is 5.30. The molecular formula is C15H23NO3. The number of aryl methyl sites for hydroxylation is 1. The van der Waals surface area contributed by atoms with Gasteiger partial charge in [-0.25, -0.2) is 0 Å². The first-order valence-electron chi connectivity index (χ1n) is 6.44. The number of methoxy groups -OCH3 is 1. The van der Waals surface area contributed by atoms with Gasteiger partial charge in [-0.3, -0.25) is 4.79 Å². The quantitative estimate of drug-likeness (QED) is 0.606. The van der Waals surface area contributed by atoms with Crippen LogP contribution in [0.4, 0.5) is 0 Å². The zero-order valence-electron chi connectivity index (χ0n) is 12.2. The van der Waals surface area contributed by atoms with E-state index in [9.17, 15) is 4.79 Å². The van der Waals surface area contributed by atoms with Crippen LogP contribution in [0.1, 0.15) is 19.4 Å². The highest BCUT2D eigenvalue weighted by Crippen LogP contribution is 2.15. The summed E-state index contributed by atoms with van der Waals surface area (Å²) < 4.78 is 10.4. The fourth-order valence-electron chi connectivity index (χ4n) is 1.70. The first-order chi connectivity index (χ1) is 8.95. The van der Waals surface area contributed by atoms with Crippen molar-refractivity contribution in [2.75, 3.05) is 26.8 Å². The van der Waals surface area contributed by atoms with Crippen molar-refractivity contribution in [1.82, 2.24) is 5.32 Å². The van der Waals surface area contributed by atoms with Crippen LogP contribution >= 0.6 is 0 Å². The van der Waals surface area contributed by atoms with E-state index in [-0.39, 0.29) is 5.97 Å². The molecule has 4 nitrogen and oxygen atoms in total. The second-order valence-corrected chi connectivity index (χ2v) is 5.22. The molecule has 0 fully saturated rings. The van der Waals surface area contributed by atoms with Crippen LogP contribution in [0.2, 0.25) is 0 Å². The Morgan fingerprint density at radius 3 is 2.74 bits per heavy atom. The van der Waals surface area contributed by atoms with Crippen LogP contribution in [0.3, 0.4) is 0 Å². The second-order valence-electron chi connectivity index (χ2n) is 5.22. The number of hydrogen-bond donors (Lipinski definition) is 1. The lowest BCUT2D eigenvalue weighted by molar-refractivity contribution is -0.150. The number of nitrogens with one attached hydrogen (secondary N) is 1. The molecule has 1 aromatic rings. The van der Waals surface area contributed by atoms with Gasteiger partial charge in [0.1, 0.15) is 12.4 Å². The molecule has 4 heteroatoms. The third-order valence-corrected chi connectivity index (χ3v) is 2.84. The van der Waals surface area contributed by atoms with E-state index in [0.717, 1.165) is 5.75 Å². The molecule has 106 valence electrons. The molecule has 0 aromatic heterocycles. The van der Waals surface area contributed by atoms with E-state index in [4.69, 9.17) is 9.47 Å². The van der Waals surface area contributed by atoms with Gasteiger partial charge in [0, 0.05) is 13.1 Å². The molecule has 0 bridgehead atoms. The Balaban J connectivity index is 2.23. The monoisotopic (exact) mass is 265 g/mol. The molecule has 0 aliphatic heterocycles. The minimum absolute atomic E-state index is 0.209. The zero-order chi connectivity index (χ0) is 14.3. The molecule has 0 saturated carbocycles. The van der Waals surface area contributed by atoms with Crippen molar-refractivity contribution in [3.8, 4) is 5.75 Å². The molecule has 0 radical (unpaired) electrons. The number of ether oxygens (including phenoxy) is 2. The maximum absolute atomic E-state index is 11.5. The predicted molar refractivity (Wildman–Crippen MR) is 75.3 cm³/mol. The van der Waals surface area contributed by atoms with Crippen LogP contribution in [0, 0.1) is 12.3 Å². The standard InChI is InChI=1S/C15H23NO3/c1-12-6-5-7-13(10-12)19-9-8-16-11-15(2,3)14(17)18-4/h5-7,10,16H,8-9,11H2,1-4H3. The molecule has 0 spiro atoms. The molecule has 1 N–H and O–H groups in total. The summed E-state index contributed by atoms with van der Waals surface area (Å²) in [4.78, 5) is 11.5. The van der Waals surface area contributed by atoms with E-state index in [0.29, 0.717) is 19.7 Å². The molecule has 0 aliphatic carbocycles. The van der Waals surface area contributed by atoms with Crippen LogP contribution in [0.15, 0.2) is 24.3 Å². The SMILES string of the molecule is COC(=O)C(C)(C)CNCCOc1cccc(C)c1. The number of hydrogen-bond acceptors (Lipinski definition) is 4. The molecule has 0 saturated heterocycles. The lowest BCUT2D eigenvalue weighted by Crippen LogP contribution is -2.38. The smallest absolute Gasteiger partial charge is 0.312 e. The van der Waals surface area contributed by atoms with Crippen LogP contribution in [-0.4, -0.2) is 32.8 Å². The van der Waals surface area contributed by atoms with Crippen LogP contribution in [-0.2, 0) is 9.53 Å². The fourth-order valence-corrected chi connectivity index (χ4v) is 1.70. The van der Waals surface area contributed by atoms with Crippen molar-refractivity contribution in [2.45, 2.75) is 20.8 Å². The maximum atomic E-state index is 11.5. The number of rotatable bonds is 7. The molecule has 0 heterocycles. The minimum atomic E-state index is -0.516. The van der Waals surface area contributed by atoms with E-state index in [1.54, 1.807) is 0 Å². The Morgan fingerprint density at radius 2 is 2.11 bits per heavy atom. The van der Waals surface area contributed by atoms with E-state index in [1.807, 2.05) is 45.0 Å². The second kappa shape index (κ2) is 7.14. The molecule has 19 heavy (non-hydrogen) atoms. The number of benzene rings is 1. The Bertz CT molecular complexity index is 416. The first kappa shape index (κ1) is 15.5. The van der Waals surface area contributed by atoms with E-state index < -0.39 is 5.41 Å². The Hall–Kier alpha value is -1.55. The average Bonchev–Trinajstić information content (AvgIpc) is 2.37. The highest BCUT2D eigenvalue weighted by molar-refractivity contribution is 5.76. The van der Waals surface area contributed by atoms with Crippen molar-refractivity contribution < 1.29 is 14.3 Å². The van der Waals surface area contributed by atoms with E-state index in [2.05, 4.69) is 5.32 Å². The van der Waals surface area contributed by atoms with Gasteiger partial charge >= 0.3 is 5.97 Å². The zero-order valence-corrected chi connectivity index (χ0v) is 12.2. The number of carbonyl (C=O) groups is 1. The largest absolute Gasteiger partial charge is 0.492 e. The molecule has 0 atom stereocenters. The lowest BCUT2D eigenvalue weighted by Gasteiger charge is -2.21. The molecule has 0 aliphatic rings. The van der Waals surface area contributed by atoms with Crippen molar-refractivity contribution in [3.05, 3.63) is 29.8 Å². The Labute approximate surface area is 115 Å². The number of carbonyl (C=O) groups excluding carboxylic acids is 1. The minimum Gasteiger partial charge on any atom is -0.492 e. The highest BCUT2D eigenvalue weighted by atomic mass is 16.5. The van der Waals surface area contributed by atoms with Crippen LogP contribution in [0.25, 0.3) is 0 Å². The van der Waals surface area contributed by atoms with Gasteiger partial charge in [0.2, 0.25) is 0 Å². The molecule has 1 aromatic carbocycles. The Kier molecular flexibility index (Phi) is 5.83. The van der Waals surface area contributed by atoms with Gasteiger partial charge < -0.3 is 14.8 Å². The van der Waals surface area contributed by atoms with E-state index in [1.165, 1.54) is 12.7 Å². The van der Waals surface area contributed by atoms with Crippen molar-refractivity contribution in [2.24, 2.45) is 5.41 Å². The van der Waals surface area contributed by atoms with Gasteiger partial charge in [-0.2, -0.15) is 0 Å². The summed E-state index contributed by atoms with van der Waals surface area (Å²) in [6.45, 7) is 7.57. The van der Waals surface area contributed by atoms with Gasteiger partial charge in [0.05, 0.1) is 12.5 Å². The van der Waals surface area contributed by atoms with Gasteiger partial charge in [-0.15, -0.1) is 0 Å². The summed E-state index contributed by atoms with van der Waals surface area (Å²) in [5.41, 5.74) is 0.662. The van der Waals surface area contributed by atoms with Crippen LogP contribution < -0.4 is 10.1 Å². The summed E-state index contributed by atoms with van der Waals surface area (Å²) in [5, 5.41) is 3.20. The first-order valence-corrected chi connectivity index (χ1v) is 6.44. The fraction of sp³-hybridized carbons (Fsp3) is 0.533. The van der Waals surface area contributed by atoms with Crippen molar-refractivity contribution in [1.29, 1.82) is 0 Å². The van der Waals surface area contributed by atoms with Gasteiger partial charge in [0.15, 0.2) is 0 Å². The van der Waals surface area contributed by atoms with Crippen molar-refractivity contribution >= 4 is 5.97 Å². The topological polar surface area (TPSA) is 47.6 Å². The van der Waals surface area contributed by atoms with Crippen LogP contribution in [0.5, 0.6) is 5.75 Å². The van der Waals surface area contributed by atoms with Gasteiger partial charge in [0.25, 0.3) is 0 Å². The highest BCUT2D eigenvalue weighted by Gasteiger charge is 2.27. The predicted octanol–water partition coefficient (Wildman–Crippen LogP) is 2.16. The molecule has 0 unspecified atom stereocenters.